The number of nitrogens with one attached hydrogen (secondary N) is 1. The lowest BCUT2D eigenvalue weighted by molar-refractivity contribution is -0.121. The van der Waals surface area contributed by atoms with Gasteiger partial charge in [-0.15, -0.1) is 12.4 Å². The van der Waals surface area contributed by atoms with E-state index < -0.39 is 15.8 Å². The first kappa shape index (κ1) is 21.8. The number of aryl methyl sites for hydroxylation is 1. The third-order valence-corrected chi connectivity index (χ3v) is 6.16. The molecule has 142 valence electrons. The summed E-state index contributed by atoms with van der Waals surface area (Å²) < 4.78 is 40.6. The van der Waals surface area contributed by atoms with Crippen molar-refractivity contribution in [3.05, 3.63) is 29.6 Å². The van der Waals surface area contributed by atoms with E-state index in [4.69, 9.17) is 5.73 Å². The van der Waals surface area contributed by atoms with Crippen LogP contribution in [-0.4, -0.2) is 44.3 Å². The lowest BCUT2D eigenvalue weighted by Crippen LogP contribution is -2.49. The molecule has 1 atom stereocenters. The van der Waals surface area contributed by atoms with E-state index in [1.165, 1.54) is 29.4 Å². The van der Waals surface area contributed by atoms with Gasteiger partial charge in [0.25, 0.3) is 0 Å². The number of sulfonamides is 1. The van der Waals surface area contributed by atoms with E-state index in [1.54, 1.807) is 0 Å². The number of benzene rings is 1. The Bertz CT molecular complexity index is 700. The summed E-state index contributed by atoms with van der Waals surface area (Å²) in [6.45, 7) is 2.46. The third-order valence-electron chi connectivity index (χ3n) is 4.22. The molecule has 2 rings (SSSR count). The van der Waals surface area contributed by atoms with Gasteiger partial charge in [-0.25, -0.2) is 12.8 Å². The molecule has 3 N–H and O–H groups in total. The van der Waals surface area contributed by atoms with E-state index >= 15 is 0 Å². The van der Waals surface area contributed by atoms with Crippen molar-refractivity contribution in [3.63, 3.8) is 0 Å². The Morgan fingerprint density at radius 2 is 2.12 bits per heavy atom. The molecule has 1 amide bonds. The van der Waals surface area contributed by atoms with Gasteiger partial charge in [0, 0.05) is 32.1 Å². The van der Waals surface area contributed by atoms with Gasteiger partial charge in [0.1, 0.15) is 5.82 Å². The van der Waals surface area contributed by atoms with Crippen LogP contribution in [0.4, 0.5) is 4.39 Å². The number of carbonyl (C=O) groups excluding carboxylic acids is 1. The number of rotatable bonds is 6. The van der Waals surface area contributed by atoms with Crippen LogP contribution in [0, 0.1) is 12.7 Å². The number of amides is 1. The third kappa shape index (κ3) is 5.37. The van der Waals surface area contributed by atoms with Gasteiger partial charge in [0.2, 0.25) is 15.9 Å². The second kappa shape index (κ2) is 9.47. The summed E-state index contributed by atoms with van der Waals surface area (Å²) in [5.74, 6) is -0.615. The Morgan fingerprint density at radius 1 is 1.40 bits per heavy atom. The summed E-state index contributed by atoms with van der Waals surface area (Å²) >= 11 is 0. The first-order valence-electron chi connectivity index (χ1n) is 8.11. The first-order chi connectivity index (χ1) is 11.4. The highest BCUT2D eigenvalue weighted by Gasteiger charge is 2.33. The number of hydrogen-bond donors (Lipinski definition) is 2. The van der Waals surface area contributed by atoms with Gasteiger partial charge in [-0.2, -0.15) is 4.31 Å². The largest absolute Gasteiger partial charge is 0.354 e. The van der Waals surface area contributed by atoms with Gasteiger partial charge in [0.15, 0.2) is 0 Å². The van der Waals surface area contributed by atoms with Gasteiger partial charge in [-0.05, 0) is 43.5 Å². The molecule has 1 aliphatic rings. The Hall–Kier alpha value is -1.22. The zero-order chi connectivity index (χ0) is 17.7. The maximum atomic E-state index is 13.4. The number of hydrogen-bond acceptors (Lipinski definition) is 4. The Balaban J connectivity index is 0.00000312. The predicted octanol–water partition coefficient (Wildman–Crippen LogP) is 1.56. The van der Waals surface area contributed by atoms with Gasteiger partial charge >= 0.3 is 0 Å². The Kier molecular flexibility index (Phi) is 8.27. The summed E-state index contributed by atoms with van der Waals surface area (Å²) in [6.07, 6.45) is 2.58. The number of nitrogens with two attached hydrogens (primary N) is 1. The molecule has 0 radical (unpaired) electrons. The smallest absolute Gasteiger partial charge is 0.243 e. The lowest BCUT2D eigenvalue weighted by Gasteiger charge is -2.34. The topological polar surface area (TPSA) is 92.5 Å². The molecule has 1 aromatic carbocycles. The molecular formula is C16H25ClFN3O3S. The number of carbonyl (C=O) groups is 1. The van der Waals surface area contributed by atoms with Crippen LogP contribution >= 0.6 is 12.4 Å². The zero-order valence-electron chi connectivity index (χ0n) is 14.2. The van der Waals surface area contributed by atoms with E-state index in [-0.39, 0.29) is 48.8 Å². The minimum Gasteiger partial charge on any atom is -0.354 e. The van der Waals surface area contributed by atoms with Crippen molar-refractivity contribution in [2.24, 2.45) is 5.73 Å². The number of piperidine rings is 1. The fraction of sp³-hybridized carbons (Fsp3) is 0.562. The molecule has 1 unspecified atom stereocenters. The molecule has 0 saturated carbocycles. The van der Waals surface area contributed by atoms with Gasteiger partial charge < -0.3 is 11.1 Å². The van der Waals surface area contributed by atoms with E-state index in [2.05, 4.69) is 5.32 Å². The molecule has 1 aliphatic heterocycles. The van der Waals surface area contributed by atoms with Crippen molar-refractivity contribution < 1.29 is 17.6 Å². The monoisotopic (exact) mass is 393 g/mol. The van der Waals surface area contributed by atoms with Crippen LogP contribution in [0.3, 0.4) is 0 Å². The summed E-state index contributed by atoms with van der Waals surface area (Å²) in [6, 6.07) is 3.51. The molecule has 1 heterocycles. The van der Waals surface area contributed by atoms with Gasteiger partial charge in [-0.3, -0.25) is 4.79 Å². The molecule has 1 fully saturated rings. The van der Waals surface area contributed by atoms with Crippen LogP contribution in [0.25, 0.3) is 0 Å². The van der Waals surface area contributed by atoms with Crippen LogP contribution in [0.5, 0.6) is 0 Å². The van der Waals surface area contributed by atoms with Crippen LogP contribution in [0.15, 0.2) is 23.1 Å². The van der Waals surface area contributed by atoms with Crippen molar-refractivity contribution in [1.29, 1.82) is 0 Å². The van der Waals surface area contributed by atoms with E-state index in [0.29, 0.717) is 18.5 Å². The highest BCUT2D eigenvalue weighted by atomic mass is 35.5. The quantitative estimate of drug-likeness (QED) is 0.767. The SMILES string of the molecule is Cc1cc(S(=O)(=O)N2CCCCC2CNC(=O)CCN)ccc1F.Cl. The normalized spacial score (nSPS) is 18.4. The summed E-state index contributed by atoms with van der Waals surface area (Å²) in [7, 11) is -3.72. The predicted molar refractivity (Wildman–Crippen MR) is 96.6 cm³/mol. The first-order valence-corrected chi connectivity index (χ1v) is 9.55. The average molecular weight is 394 g/mol. The number of halogens is 2. The number of nitrogens with zero attached hydrogens (tertiary/aromatic N) is 1. The Morgan fingerprint density at radius 3 is 2.76 bits per heavy atom. The molecule has 0 bridgehead atoms. The zero-order valence-corrected chi connectivity index (χ0v) is 15.8. The van der Waals surface area contributed by atoms with E-state index in [1.807, 2.05) is 0 Å². The lowest BCUT2D eigenvalue weighted by atomic mass is 10.1. The highest BCUT2D eigenvalue weighted by molar-refractivity contribution is 7.89. The minimum atomic E-state index is -3.72. The van der Waals surface area contributed by atoms with E-state index in [0.717, 1.165) is 12.8 Å². The molecular weight excluding hydrogens is 369 g/mol. The second-order valence-electron chi connectivity index (χ2n) is 6.02. The van der Waals surface area contributed by atoms with Crippen molar-refractivity contribution >= 4 is 28.3 Å². The molecule has 0 aliphatic carbocycles. The average Bonchev–Trinajstić information content (AvgIpc) is 2.56. The molecule has 9 heteroatoms. The molecule has 6 nitrogen and oxygen atoms in total. The summed E-state index contributed by atoms with van der Waals surface area (Å²) in [4.78, 5) is 11.7. The van der Waals surface area contributed by atoms with Crippen LogP contribution in [0.2, 0.25) is 0 Å². The maximum Gasteiger partial charge on any atom is 0.243 e. The van der Waals surface area contributed by atoms with Crippen molar-refractivity contribution in [1.82, 2.24) is 9.62 Å². The fourth-order valence-corrected chi connectivity index (χ4v) is 4.64. The second-order valence-corrected chi connectivity index (χ2v) is 7.91. The van der Waals surface area contributed by atoms with Gasteiger partial charge in [0.05, 0.1) is 4.90 Å². The van der Waals surface area contributed by atoms with Crippen LogP contribution in [0.1, 0.15) is 31.2 Å². The molecule has 1 aromatic rings. The molecule has 1 saturated heterocycles. The fourth-order valence-electron chi connectivity index (χ4n) is 2.86. The van der Waals surface area contributed by atoms with E-state index in [9.17, 15) is 17.6 Å². The summed E-state index contributed by atoms with van der Waals surface area (Å²) in [5.41, 5.74) is 5.63. The van der Waals surface area contributed by atoms with Crippen molar-refractivity contribution in [2.75, 3.05) is 19.6 Å². The van der Waals surface area contributed by atoms with Crippen LogP contribution < -0.4 is 11.1 Å². The van der Waals surface area contributed by atoms with Crippen molar-refractivity contribution in [2.45, 2.75) is 43.5 Å². The Labute approximate surface area is 154 Å². The summed E-state index contributed by atoms with van der Waals surface area (Å²) in [5, 5.41) is 2.74. The maximum absolute atomic E-state index is 13.4. The highest BCUT2D eigenvalue weighted by Crippen LogP contribution is 2.26. The molecule has 0 spiro atoms. The van der Waals surface area contributed by atoms with Crippen LogP contribution in [-0.2, 0) is 14.8 Å². The standard InChI is InChI=1S/C16H24FN3O3S.ClH/c1-12-10-14(5-6-15(12)17)24(22,23)20-9-3-2-4-13(20)11-19-16(21)7-8-18;/h5-6,10,13H,2-4,7-9,11,18H2,1H3,(H,19,21);1H. The van der Waals surface area contributed by atoms with Crippen molar-refractivity contribution in [3.8, 4) is 0 Å². The molecule has 0 aromatic heterocycles. The molecule has 25 heavy (non-hydrogen) atoms. The minimum absolute atomic E-state index is 0. The van der Waals surface area contributed by atoms with Gasteiger partial charge in [-0.1, -0.05) is 6.42 Å².